The molecular formula is C24H24N2O4. The Morgan fingerprint density at radius 3 is 2.67 bits per heavy atom. The minimum Gasteiger partial charge on any atom is -0.484 e. The maximum Gasteiger partial charge on any atom is 0.286 e. The van der Waals surface area contributed by atoms with Gasteiger partial charge in [-0.25, -0.2) is 0 Å². The number of hydrogen-bond acceptors (Lipinski definition) is 5. The lowest BCUT2D eigenvalue weighted by Gasteiger charge is -2.13. The lowest BCUT2D eigenvalue weighted by atomic mass is 10.1. The number of nitrogens with one attached hydrogen (secondary N) is 1. The number of nitrogens with zero attached hydrogens (tertiary/aromatic N) is 1. The van der Waals surface area contributed by atoms with E-state index < -0.39 is 0 Å². The maximum absolute atomic E-state index is 12.2. The molecule has 0 aliphatic heterocycles. The number of carbonyl (C=O) groups is 1. The van der Waals surface area contributed by atoms with Crippen molar-refractivity contribution in [2.75, 3.05) is 13.2 Å². The topological polar surface area (TPSA) is 84.5 Å². The summed E-state index contributed by atoms with van der Waals surface area (Å²) in [6, 6.07) is 22.3. The summed E-state index contributed by atoms with van der Waals surface area (Å²) in [6.07, 6.45) is 0.713. The fourth-order valence-electron chi connectivity index (χ4n) is 2.85. The van der Waals surface area contributed by atoms with Crippen LogP contribution >= 0.6 is 0 Å². The van der Waals surface area contributed by atoms with Crippen molar-refractivity contribution < 1.29 is 18.7 Å². The molecular weight excluding hydrogens is 380 g/mol. The smallest absolute Gasteiger partial charge is 0.286 e. The van der Waals surface area contributed by atoms with Gasteiger partial charge in [0.15, 0.2) is 5.76 Å². The Morgan fingerprint density at radius 2 is 1.87 bits per heavy atom. The summed E-state index contributed by atoms with van der Waals surface area (Å²) < 4.78 is 17.0. The summed E-state index contributed by atoms with van der Waals surface area (Å²) in [4.78, 5) is 12.2. The first-order valence-electron chi connectivity index (χ1n) is 9.83. The van der Waals surface area contributed by atoms with Gasteiger partial charge in [0.1, 0.15) is 24.2 Å². The van der Waals surface area contributed by atoms with Gasteiger partial charge in [0.2, 0.25) is 0 Å². The summed E-state index contributed by atoms with van der Waals surface area (Å²) in [5.74, 6) is 0.926. The number of nitriles is 1. The molecule has 0 fully saturated rings. The second kappa shape index (κ2) is 10.8. The summed E-state index contributed by atoms with van der Waals surface area (Å²) in [5.41, 5.74) is 1.58. The van der Waals surface area contributed by atoms with E-state index in [4.69, 9.17) is 19.2 Å². The van der Waals surface area contributed by atoms with E-state index in [0.717, 1.165) is 5.56 Å². The molecule has 0 aliphatic rings. The maximum atomic E-state index is 12.2. The molecule has 1 aromatic heterocycles. The molecule has 6 nitrogen and oxygen atoms in total. The van der Waals surface area contributed by atoms with Crippen LogP contribution in [0, 0.1) is 11.3 Å². The van der Waals surface area contributed by atoms with E-state index in [9.17, 15) is 4.79 Å². The molecule has 0 aliphatic carbocycles. The molecule has 0 bridgehead atoms. The summed E-state index contributed by atoms with van der Waals surface area (Å²) in [5, 5.41) is 11.9. The Morgan fingerprint density at radius 1 is 1.10 bits per heavy atom. The van der Waals surface area contributed by atoms with Crippen molar-refractivity contribution in [2.45, 2.75) is 26.1 Å². The van der Waals surface area contributed by atoms with Crippen LogP contribution in [-0.2, 0) is 11.3 Å². The highest BCUT2D eigenvalue weighted by Crippen LogP contribution is 2.19. The fourth-order valence-corrected chi connectivity index (χ4v) is 2.85. The number of rotatable bonds is 10. The number of para-hydroxylation sites is 1. The summed E-state index contributed by atoms with van der Waals surface area (Å²) in [6.45, 7) is 3.18. The number of ether oxygens (including phenoxy) is 2. The van der Waals surface area contributed by atoms with Crippen molar-refractivity contribution in [3.05, 3.63) is 89.4 Å². The predicted octanol–water partition coefficient (Wildman–Crippen LogP) is 4.63. The third-order valence-electron chi connectivity index (χ3n) is 4.51. The average Bonchev–Trinajstić information content (AvgIpc) is 3.27. The largest absolute Gasteiger partial charge is 0.484 e. The molecule has 0 saturated carbocycles. The molecule has 0 saturated heterocycles. The van der Waals surface area contributed by atoms with Gasteiger partial charge in [0, 0.05) is 13.2 Å². The van der Waals surface area contributed by atoms with Gasteiger partial charge < -0.3 is 19.2 Å². The molecule has 154 valence electrons. The highest BCUT2D eigenvalue weighted by Gasteiger charge is 2.12. The Kier molecular flexibility index (Phi) is 7.64. The Bertz CT molecular complexity index is 992. The molecule has 3 rings (SSSR count). The minimum atomic E-state index is -0.283. The quantitative estimate of drug-likeness (QED) is 0.498. The van der Waals surface area contributed by atoms with Crippen LogP contribution < -0.4 is 10.1 Å². The number of carbonyl (C=O) groups excluding carboxylic acids is 1. The molecule has 3 aromatic rings. The number of furan rings is 1. The zero-order chi connectivity index (χ0) is 21.2. The first-order chi connectivity index (χ1) is 14.7. The van der Waals surface area contributed by atoms with Crippen LogP contribution in [0.25, 0.3) is 0 Å². The lowest BCUT2D eigenvalue weighted by Crippen LogP contribution is -2.25. The van der Waals surface area contributed by atoms with E-state index in [1.54, 1.807) is 36.4 Å². The van der Waals surface area contributed by atoms with E-state index >= 15 is 0 Å². The van der Waals surface area contributed by atoms with E-state index in [2.05, 4.69) is 11.4 Å². The highest BCUT2D eigenvalue weighted by atomic mass is 16.5. The van der Waals surface area contributed by atoms with Gasteiger partial charge >= 0.3 is 0 Å². The number of amides is 1. The van der Waals surface area contributed by atoms with Crippen molar-refractivity contribution in [1.82, 2.24) is 5.32 Å². The van der Waals surface area contributed by atoms with Crippen LogP contribution in [0.2, 0.25) is 0 Å². The Labute approximate surface area is 176 Å². The van der Waals surface area contributed by atoms with Gasteiger partial charge in [-0.1, -0.05) is 42.5 Å². The first kappa shape index (κ1) is 21.2. The average molecular weight is 404 g/mol. The van der Waals surface area contributed by atoms with Crippen LogP contribution in [0.3, 0.4) is 0 Å². The van der Waals surface area contributed by atoms with E-state index in [0.29, 0.717) is 36.6 Å². The van der Waals surface area contributed by atoms with Crippen molar-refractivity contribution >= 4 is 5.91 Å². The van der Waals surface area contributed by atoms with E-state index in [1.807, 2.05) is 37.3 Å². The molecule has 1 N–H and O–H groups in total. The third-order valence-corrected chi connectivity index (χ3v) is 4.51. The molecule has 1 unspecified atom stereocenters. The van der Waals surface area contributed by atoms with Crippen LogP contribution in [0.15, 0.2) is 71.1 Å². The van der Waals surface area contributed by atoms with Gasteiger partial charge in [-0.3, -0.25) is 4.79 Å². The molecule has 30 heavy (non-hydrogen) atoms. The molecule has 1 amide bonds. The fraction of sp³-hybridized carbons (Fsp3) is 0.250. The summed E-state index contributed by atoms with van der Waals surface area (Å²) in [7, 11) is 0. The second-order valence-electron chi connectivity index (χ2n) is 6.70. The summed E-state index contributed by atoms with van der Waals surface area (Å²) >= 11 is 0. The van der Waals surface area contributed by atoms with Crippen LogP contribution in [-0.4, -0.2) is 19.1 Å². The van der Waals surface area contributed by atoms with Gasteiger partial charge in [0.25, 0.3) is 5.91 Å². The predicted molar refractivity (Wildman–Crippen MR) is 112 cm³/mol. The second-order valence-corrected chi connectivity index (χ2v) is 6.70. The molecule has 0 radical (unpaired) electrons. The van der Waals surface area contributed by atoms with Crippen LogP contribution in [0.1, 0.15) is 46.9 Å². The Hall–Kier alpha value is -3.56. The highest BCUT2D eigenvalue weighted by molar-refractivity contribution is 5.91. The van der Waals surface area contributed by atoms with Crippen LogP contribution in [0.4, 0.5) is 0 Å². The van der Waals surface area contributed by atoms with Crippen molar-refractivity contribution in [1.29, 1.82) is 5.26 Å². The molecule has 1 heterocycles. The number of benzene rings is 2. The van der Waals surface area contributed by atoms with Crippen molar-refractivity contribution in [3.63, 3.8) is 0 Å². The van der Waals surface area contributed by atoms with Gasteiger partial charge in [-0.15, -0.1) is 0 Å². The normalized spacial score (nSPS) is 11.5. The third kappa shape index (κ3) is 5.97. The van der Waals surface area contributed by atoms with E-state index in [-0.39, 0.29) is 24.4 Å². The Balaban J connectivity index is 1.38. The molecule has 0 spiro atoms. The zero-order valence-corrected chi connectivity index (χ0v) is 16.8. The molecule has 2 aromatic carbocycles. The number of hydrogen-bond donors (Lipinski definition) is 1. The van der Waals surface area contributed by atoms with Gasteiger partial charge in [0.05, 0.1) is 11.7 Å². The van der Waals surface area contributed by atoms with Crippen molar-refractivity contribution in [3.8, 4) is 11.8 Å². The minimum absolute atomic E-state index is 0.0145. The monoisotopic (exact) mass is 404 g/mol. The zero-order valence-electron chi connectivity index (χ0n) is 16.8. The van der Waals surface area contributed by atoms with E-state index in [1.165, 1.54) is 0 Å². The van der Waals surface area contributed by atoms with Crippen molar-refractivity contribution in [2.24, 2.45) is 0 Å². The SMILES string of the molecule is CC(OCCCNC(=O)c1ccc(COc2ccccc2C#N)o1)c1ccccc1. The van der Waals surface area contributed by atoms with Crippen LogP contribution in [0.5, 0.6) is 5.75 Å². The molecule has 6 heteroatoms. The van der Waals surface area contributed by atoms with Gasteiger partial charge in [-0.05, 0) is 43.2 Å². The van der Waals surface area contributed by atoms with Gasteiger partial charge in [-0.2, -0.15) is 5.26 Å². The first-order valence-corrected chi connectivity index (χ1v) is 9.83. The molecule has 1 atom stereocenters. The standard InChI is InChI=1S/C24H24N2O4/c1-18(19-8-3-2-4-9-19)28-15-7-14-26-24(27)23-13-12-21(30-23)17-29-22-11-6-5-10-20(22)16-25/h2-6,8-13,18H,7,14-15,17H2,1H3,(H,26,27). The lowest BCUT2D eigenvalue weighted by molar-refractivity contribution is 0.0633.